The first-order chi connectivity index (χ1) is 16.8. The summed E-state index contributed by atoms with van der Waals surface area (Å²) >= 11 is 12.5. The van der Waals surface area contributed by atoms with E-state index in [2.05, 4.69) is 5.32 Å². The van der Waals surface area contributed by atoms with Gasteiger partial charge in [-0.15, -0.1) is 0 Å². The molecule has 35 heavy (non-hydrogen) atoms. The predicted molar refractivity (Wildman–Crippen MR) is 138 cm³/mol. The molecule has 7 nitrogen and oxygen atoms in total. The number of hydrogen-bond donors (Lipinski definition) is 1. The van der Waals surface area contributed by atoms with E-state index in [-0.39, 0.29) is 26.5 Å². The fourth-order valence-electron chi connectivity index (χ4n) is 3.89. The summed E-state index contributed by atoms with van der Waals surface area (Å²) in [7, 11) is -4.17. The highest BCUT2D eigenvalue weighted by molar-refractivity contribution is 7.92. The van der Waals surface area contributed by atoms with Gasteiger partial charge in [-0.1, -0.05) is 59.6 Å². The maximum absolute atomic E-state index is 13.5. The number of amides is 2. The number of nitrogens with zero attached hydrogens (tertiary/aromatic N) is 2. The molecule has 1 N–H and O–H groups in total. The molecule has 0 spiro atoms. The molecule has 1 aliphatic heterocycles. The topological polar surface area (TPSA) is 86.8 Å². The molecule has 1 heterocycles. The van der Waals surface area contributed by atoms with Crippen LogP contribution in [0.1, 0.15) is 23.2 Å². The van der Waals surface area contributed by atoms with Crippen LogP contribution in [0.25, 0.3) is 0 Å². The Kier molecular flexibility index (Phi) is 7.64. The van der Waals surface area contributed by atoms with Crippen LogP contribution in [-0.4, -0.2) is 44.8 Å². The van der Waals surface area contributed by atoms with Crippen LogP contribution in [0.15, 0.2) is 77.7 Å². The number of sulfonamides is 1. The fraction of sp³-hybridized carbons (Fsp3) is 0.200. The maximum Gasteiger partial charge on any atom is 0.264 e. The zero-order chi connectivity index (χ0) is 25.0. The number of para-hydroxylation sites is 1. The number of halogens is 2. The molecule has 182 valence electrons. The van der Waals surface area contributed by atoms with E-state index >= 15 is 0 Å². The Labute approximate surface area is 214 Å². The van der Waals surface area contributed by atoms with Crippen LogP contribution in [-0.2, 0) is 14.8 Å². The molecule has 2 amide bonds. The van der Waals surface area contributed by atoms with Crippen LogP contribution < -0.4 is 9.62 Å². The summed E-state index contributed by atoms with van der Waals surface area (Å²) in [6, 6.07) is 19.0. The van der Waals surface area contributed by atoms with Crippen LogP contribution in [0.4, 0.5) is 11.4 Å². The molecule has 0 aliphatic carbocycles. The average Bonchev–Trinajstić information content (AvgIpc) is 3.40. The molecule has 0 bridgehead atoms. The Morgan fingerprint density at radius 2 is 1.54 bits per heavy atom. The average molecular weight is 532 g/mol. The summed E-state index contributed by atoms with van der Waals surface area (Å²) in [5.41, 5.74) is 0.726. The normalized spacial score (nSPS) is 13.5. The molecule has 1 fully saturated rings. The molecule has 3 aromatic rings. The number of carbonyl (C=O) groups excluding carboxylic acids is 2. The SMILES string of the molecule is O=C(CN(c1cccc(Cl)c1Cl)S(=O)(=O)c1ccccc1)Nc1ccccc1C(=O)N1CCCC1. The smallest absolute Gasteiger partial charge is 0.264 e. The minimum atomic E-state index is -4.17. The van der Waals surface area contributed by atoms with Crippen molar-refractivity contribution in [1.82, 2.24) is 4.90 Å². The van der Waals surface area contributed by atoms with Crippen LogP contribution in [0.3, 0.4) is 0 Å². The zero-order valence-electron chi connectivity index (χ0n) is 18.7. The number of carbonyl (C=O) groups is 2. The second-order valence-corrected chi connectivity index (χ2v) is 10.6. The van der Waals surface area contributed by atoms with Crippen LogP contribution in [0.2, 0.25) is 10.0 Å². The van der Waals surface area contributed by atoms with Gasteiger partial charge in [0.1, 0.15) is 6.54 Å². The van der Waals surface area contributed by atoms with Gasteiger partial charge in [-0.2, -0.15) is 0 Å². The fourth-order valence-corrected chi connectivity index (χ4v) is 5.80. The molecule has 0 radical (unpaired) electrons. The van der Waals surface area contributed by atoms with Gasteiger partial charge in [0.15, 0.2) is 0 Å². The van der Waals surface area contributed by atoms with Crippen LogP contribution in [0, 0.1) is 0 Å². The van der Waals surface area contributed by atoms with Crippen molar-refractivity contribution in [2.45, 2.75) is 17.7 Å². The number of hydrogen-bond acceptors (Lipinski definition) is 4. The highest BCUT2D eigenvalue weighted by atomic mass is 35.5. The third-order valence-corrected chi connectivity index (χ3v) is 8.23. The van der Waals surface area contributed by atoms with E-state index in [4.69, 9.17) is 23.2 Å². The predicted octanol–water partition coefficient (Wildman–Crippen LogP) is 5.06. The van der Waals surface area contributed by atoms with Crippen molar-refractivity contribution in [3.05, 3.63) is 88.4 Å². The van der Waals surface area contributed by atoms with E-state index in [0.29, 0.717) is 24.3 Å². The van der Waals surface area contributed by atoms with Crippen molar-refractivity contribution in [2.75, 3.05) is 29.3 Å². The van der Waals surface area contributed by atoms with E-state index in [0.717, 1.165) is 17.1 Å². The second kappa shape index (κ2) is 10.7. The molecule has 0 saturated carbocycles. The molecular weight excluding hydrogens is 509 g/mol. The molecule has 3 aromatic carbocycles. The third-order valence-electron chi connectivity index (χ3n) is 5.64. The minimum Gasteiger partial charge on any atom is -0.339 e. The molecule has 0 unspecified atom stereocenters. The van der Waals surface area contributed by atoms with Gasteiger partial charge in [-0.3, -0.25) is 13.9 Å². The molecule has 1 aliphatic rings. The Morgan fingerprint density at radius 3 is 2.26 bits per heavy atom. The molecule has 10 heteroatoms. The lowest BCUT2D eigenvalue weighted by Crippen LogP contribution is -2.38. The summed E-state index contributed by atoms with van der Waals surface area (Å²) in [5.74, 6) is -0.813. The van der Waals surface area contributed by atoms with E-state index < -0.39 is 22.5 Å². The summed E-state index contributed by atoms with van der Waals surface area (Å²) in [5, 5.41) is 2.86. The molecule has 0 atom stereocenters. The van der Waals surface area contributed by atoms with Crippen molar-refractivity contribution in [1.29, 1.82) is 0 Å². The molecule has 0 aromatic heterocycles. The van der Waals surface area contributed by atoms with Gasteiger partial charge in [0, 0.05) is 13.1 Å². The van der Waals surface area contributed by atoms with Gasteiger partial charge in [0.2, 0.25) is 5.91 Å². The molecule has 4 rings (SSSR count). The van der Waals surface area contributed by atoms with Crippen molar-refractivity contribution in [3.63, 3.8) is 0 Å². The van der Waals surface area contributed by atoms with Gasteiger partial charge in [0.05, 0.1) is 31.9 Å². The maximum atomic E-state index is 13.5. The largest absolute Gasteiger partial charge is 0.339 e. The summed E-state index contributed by atoms with van der Waals surface area (Å²) in [6.45, 7) is 0.748. The van der Waals surface area contributed by atoms with Gasteiger partial charge >= 0.3 is 0 Å². The highest BCUT2D eigenvalue weighted by Crippen LogP contribution is 2.35. The monoisotopic (exact) mass is 531 g/mol. The molecular formula is C25H23Cl2N3O4S. The Morgan fingerprint density at radius 1 is 0.886 bits per heavy atom. The Hall–Kier alpha value is -3.07. The summed E-state index contributed by atoms with van der Waals surface area (Å²) in [6.07, 6.45) is 1.87. The summed E-state index contributed by atoms with van der Waals surface area (Å²) in [4.78, 5) is 27.8. The van der Waals surface area contributed by atoms with Crippen LogP contribution >= 0.6 is 23.2 Å². The van der Waals surface area contributed by atoms with Crippen molar-refractivity contribution < 1.29 is 18.0 Å². The van der Waals surface area contributed by atoms with Crippen molar-refractivity contribution >= 4 is 56.4 Å². The first-order valence-electron chi connectivity index (χ1n) is 11.0. The van der Waals surface area contributed by atoms with Gasteiger partial charge < -0.3 is 10.2 Å². The number of rotatable bonds is 7. The highest BCUT2D eigenvalue weighted by Gasteiger charge is 2.30. The second-order valence-electron chi connectivity index (χ2n) is 7.99. The lowest BCUT2D eigenvalue weighted by Gasteiger charge is -2.25. The van der Waals surface area contributed by atoms with E-state index in [9.17, 15) is 18.0 Å². The van der Waals surface area contributed by atoms with Crippen molar-refractivity contribution in [3.8, 4) is 0 Å². The number of likely N-dealkylation sites (tertiary alicyclic amines) is 1. The van der Waals surface area contributed by atoms with E-state index in [1.807, 2.05) is 0 Å². The lowest BCUT2D eigenvalue weighted by atomic mass is 10.1. The van der Waals surface area contributed by atoms with Crippen molar-refractivity contribution in [2.24, 2.45) is 0 Å². The standard InChI is InChI=1S/C25H23Cl2N3O4S/c26-20-12-8-14-22(24(20)27)30(35(33,34)18-9-2-1-3-10-18)17-23(31)28-21-13-5-4-11-19(21)25(32)29-15-6-7-16-29/h1-5,8-14H,6-7,15-17H2,(H,28,31). The summed E-state index contributed by atoms with van der Waals surface area (Å²) < 4.78 is 27.9. The Bertz CT molecular complexity index is 1340. The van der Waals surface area contributed by atoms with Gasteiger partial charge in [0.25, 0.3) is 15.9 Å². The first kappa shape index (κ1) is 25.0. The quantitative estimate of drug-likeness (QED) is 0.461. The lowest BCUT2D eigenvalue weighted by molar-refractivity contribution is -0.114. The number of nitrogens with one attached hydrogen (secondary N) is 1. The first-order valence-corrected chi connectivity index (χ1v) is 13.2. The van der Waals surface area contributed by atoms with Crippen LogP contribution in [0.5, 0.6) is 0 Å². The van der Waals surface area contributed by atoms with E-state index in [1.165, 1.54) is 24.3 Å². The zero-order valence-corrected chi connectivity index (χ0v) is 21.0. The van der Waals surface area contributed by atoms with Gasteiger partial charge in [-0.05, 0) is 49.2 Å². The third kappa shape index (κ3) is 5.45. The Balaban J connectivity index is 1.65. The number of anilines is 2. The molecule has 1 saturated heterocycles. The van der Waals surface area contributed by atoms with E-state index in [1.54, 1.807) is 53.4 Å². The number of benzene rings is 3. The minimum absolute atomic E-state index is 0.00563. The van der Waals surface area contributed by atoms with Gasteiger partial charge in [-0.25, -0.2) is 8.42 Å².